The first-order valence-electron chi connectivity index (χ1n) is 8.44. The Morgan fingerprint density at radius 1 is 1.33 bits per heavy atom. The molecule has 1 aliphatic heterocycles. The molecule has 6 heteroatoms. The Kier molecular flexibility index (Phi) is 10.1. The number of halogens is 1. The zero-order valence-electron chi connectivity index (χ0n) is 14.7. The van der Waals surface area contributed by atoms with Gasteiger partial charge in [-0.15, -0.1) is 24.0 Å². The van der Waals surface area contributed by atoms with E-state index in [2.05, 4.69) is 16.8 Å². The standard InChI is InChI=1S/C18H29N3O2.HI/c1-15-5-3-11-21(13-15)18(19)20-10-4-12-23-14-16-6-8-17(22-2)9-7-16;/h6-9,15H,3-5,10-14H2,1-2H3,(H2,19,20);1H. The maximum atomic E-state index is 6.07. The monoisotopic (exact) mass is 447 g/mol. The van der Waals surface area contributed by atoms with E-state index in [9.17, 15) is 0 Å². The van der Waals surface area contributed by atoms with E-state index >= 15 is 0 Å². The summed E-state index contributed by atoms with van der Waals surface area (Å²) in [6.45, 7) is 6.37. The van der Waals surface area contributed by atoms with E-state index < -0.39 is 0 Å². The van der Waals surface area contributed by atoms with Crippen molar-refractivity contribution in [2.24, 2.45) is 16.6 Å². The summed E-state index contributed by atoms with van der Waals surface area (Å²) in [4.78, 5) is 6.67. The van der Waals surface area contributed by atoms with Crippen LogP contribution in [0.1, 0.15) is 31.7 Å². The zero-order chi connectivity index (χ0) is 16.5. The van der Waals surface area contributed by atoms with Crippen LogP contribution in [0.15, 0.2) is 29.3 Å². The number of hydrogen-bond acceptors (Lipinski definition) is 3. The molecule has 24 heavy (non-hydrogen) atoms. The number of aliphatic imine (C=N–C) groups is 1. The normalized spacial score (nSPS) is 18.2. The summed E-state index contributed by atoms with van der Waals surface area (Å²) < 4.78 is 10.8. The van der Waals surface area contributed by atoms with Gasteiger partial charge in [-0.3, -0.25) is 4.99 Å². The van der Waals surface area contributed by atoms with Gasteiger partial charge in [0.05, 0.1) is 13.7 Å². The Hall–Kier alpha value is -1.02. The van der Waals surface area contributed by atoms with Gasteiger partial charge >= 0.3 is 0 Å². The number of ether oxygens (including phenoxy) is 2. The number of hydrogen-bond donors (Lipinski definition) is 1. The van der Waals surface area contributed by atoms with E-state index in [0.29, 0.717) is 25.1 Å². The lowest BCUT2D eigenvalue weighted by molar-refractivity contribution is 0.120. The molecule has 1 aromatic carbocycles. The van der Waals surface area contributed by atoms with Crippen molar-refractivity contribution in [2.45, 2.75) is 32.8 Å². The third-order valence-corrected chi connectivity index (χ3v) is 4.13. The summed E-state index contributed by atoms with van der Waals surface area (Å²) in [5.74, 6) is 2.27. The van der Waals surface area contributed by atoms with Crippen molar-refractivity contribution in [2.75, 3.05) is 33.4 Å². The molecule has 0 radical (unpaired) electrons. The molecular formula is C18H30IN3O2. The highest BCUT2D eigenvalue weighted by atomic mass is 127. The minimum Gasteiger partial charge on any atom is -0.497 e. The lowest BCUT2D eigenvalue weighted by atomic mass is 10.0. The smallest absolute Gasteiger partial charge is 0.191 e. The van der Waals surface area contributed by atoms with E-state index in [1.807, 2.05) is 24.3 Å². The SMILES string of the molecule is COc1ccc(COCCCN=C(N)N2CCCC(C)C2)cc1.I. The summed E-state index contributed by atoms with van der Waals surface area (Å²) in [5, 5.41) is 0. The van der Waals surface area contributed by atoms with E-state index in [0.717, 1.165) is 37.4 Å². The number of rotatable bonds is 7. The van der Waals surface area contributed by atoms with Crippen LogP contribution in [0.4, 0.5) is 0 Å². The third-order valence-electron chi connectivity index (χ3n) is 4.13. The Morgan fingerprint density at radius 2 is 2.08 bits per heavy atom. The number of likely N-dealkylation sites (tertiary alicyclic amines) is 1. The van der Waals surface area contributed by atoms with Crippen LogP contribution in [0.3, 0.4) is 0 Å². The number of nitrogens with two attached hydrogens (primary N) is 1. The molecule has 1 aliphatic rings. The highest BCUT2D eigenvalue weighted by Crippen LogP contribution is 2.15. The van der Waals surface area contributed by atoms with Crippen LogP contribution in [-0.4, -0.2) is 44.2 Å². The van der Waals surface area contributed by atoms with Crippen LogP contribution >= 0.6 is 24.0 Å². The summed E-state index contributed by atoms with van der Waals surface area (Å²) in [7, 11) is 1.67. The van der Waals surface area contributed by atoms with Crippen molar-refractivity contribution in [3.05, 3.63) is 29.8 Å². The zero-order valence-corrected chi connectivity index (χ0v) is 17.1. The van der Waals surface area contributed by atoms with Crippen LogP contribution < -0.4 is 10.5 Å². The van der Waals surface area contributed by atoms with E-state index in [4.69, 9.17) is 15.2 Å². The van der Waals surface area contributed by atoms with Crippen LogP contribution in [0, 0.1) is 5.92 Å². The molecule has 0 amide bonds. The quantitative estimate of drug-likeness (QED) is 0.302. The third kappa shape index (κ3) is 7.25. The molecule has 1 atom stereocenters. The van der Waals surface area contributed by atoms with Gasteiger partial charge in [0, 0.05) is 26.2 Å². The second-order valence-corrected chi connectivity index (χ2v) is 6.19. The van der Waals surface area contributed by atoms with E-state index in [-0.39, 0.29) is 24.0 Å². The van der Waals surface area contributed by atoms with E-state index in [1.165, 1.54) is 12.8 Å². The number of piperidine rings is 1. The fourth-order valence-electron chi connectivity index (χ4n) is 2.77. The summed E-state index contributed by atoms with van der Waals surface area (Å²) in [5.41, 5.74) is 7.22. The first kappa shape index (κ1) is 21.0. The minimum absolute atomic E-state index is 0. The molecule has 2 rings (SSSR count). The average molecular weight is 447 g/mol. The highest BCUT2D eigenvalue weighted by molar-refractivity contribution is 14.0. The van der Waals surface area contributed by atoms with Gasteiger partial charge in [-0.2, -0.15) is 0 Å². The van der Waals surface area contributed by atoms with Crippen molar-refractivity contribution in [1.82, 2.24) is 4.90 Å². The average Bonchev–Trinajstić information content (AvgIpc) is 2.58. The minimum atomic E-state index is 0. The van der Waals surface area contributed by atoms with Gasteiger partial charge in [0.15, 0.2) is 5.96 Å². The second-order valence-electron chi connectivity index (χ2n) is 6.19. The molecule has 5 nitrogen and oxygen atoms in total. The largest absolute Gasteiger partial charge is 0.497 e. The predicted octanol–water partition coefficient (Wildman–Crippen LogP) is 3.27. The number of nitrogens with zero attached hydrogens (tertiary/aromatic N) is 2. The molecule has 1 aromatic rings. The topological polar surface area (TPSA) is 60.1 Å². The lowest BCUT2D eigenvalue weighted by Crippen LogP contribution is -2.43. The molecule has 0 spiro atoms. The van der Waals surface area contributed by atoms with Crippen LogP contribution in [0.2, 0.25) is 0 Å². The molecule has 0 aromatic heterocycles. The molecular weight excluding hydrogens is 417 g/mol. The van der Waals surface area contributed by atoms with Crippen molar-refractivity contribution in [1.29, 1.82) is 0 Å². The molecule has 1 fully saturated rings. The maximum Gasteiger partial charge on any atom is 0.191 e. The Morgan fingerprint density at radius 3 is 2.75 bits per heavy atom. The van der Waals surface area contributed by atoms with Crippen LogP contribution in [0.5, 0.6) is 5.75 Å². The molecule has 1 unspecified atom stereocenters. The van der Waals surface area contributed by atoms with Crippen LogP contribution in [0.25, 0.3) is 0 Å². The van der Waals surface area contributed by atoms with Crippen LogP contribution in [-0.2, 0) is 11.3 Å². The summed E-state index contributed by atoms with van der Waals surface area (Å²) in [6.07, 6.45) is 3.39. The molecule has 136 valence electrons. The number of methoxy groups -OCH3 is 1. The van der Waals surface area contributed by atoms with Crippen molar-refractivity contribution in [3.8, 4) is 5.75 Å². The van der Waals surface area contributed by atoms with Gasteiger partial charge in [0.25, 0.3) is 0 Å². The number of guanidine groups is 1. The number of benzene rings is 1. The summed E-state index contributed by atoms with van der Waals surface area (Å²) >= 11 is 0. The first-order valence-corrected chi connectivity index (χ1v) is 8.44. The van der Waals surface area contributed by atoms with Gasteiger partial charge in [-0.25, -0.2) is 0 Å². The molecule has 0 bridgehead atoms. The maximum absolute atomic E-state index is 6.07. The Labute approximate surface area is 162 Å². The van der Waals surface area contributed by atoms with Gasteiger partial charge in [-0.05, 0) is 42.9 Å². The highest BCUT2D eigenvalue weighted by Gasteiger charge is 2.17. The molecule has 2 N–H and O–H groups in total. The molecule has 1 heterocycles. The molecule has 0 aliphatic carbocycles. The van der Waals surface area contributed by atoms with Crippen molar-refractivity contribution < 1.29 is 9.47 Å². The van der Waals surface area contributed by atoms with Crippen molar-refractivity contribution in [3.63, 3.8) is 0 Å². The Balaban J connectivity index is 0.00000288. The fourth-order valence-corrected chi connectivity index (χ4v) is 2.77. The fraction of sp³-hybridized carbons (Fsp3) is 0.611. The predicted molar refractivity (Wildman–Crippen MR) is 109 cm³/mol. The van der Waals surface area contributed by atoms with Gasteiger partial charge in [-0.1, -0.05) is 19.1 Å². The second kappa shape index (κ2) is 11.5. The van der Waals surface area contributed by atoms with Gasteiger partial charge in [0.1, 0.15) is 5.75 Å². The molecule has 0 saturated carbocycles. The van der Waals surface area contributed by atoms with E-state index in [1.54, 1.807) is 7.11 Å². The lowest BCUT2D eigenvalue weighted by Gasteiger charge is -2.31. The Bertz CT molecular complexity index is 494. The van der Waals surface area contributed by atoms with Gasteiger partial charge < -0.3 is 20.1 Å². The van der Waals surface area contributed by atoms with Crippen molar-refractivity contribution >= 4 is 29.9 Å². The summed E-state index contributed by atoms with van der Waals surface area (Å²) in [6, 6.07) is 7.94. The first-order chi connectivity index (χ1) is 11.2. The van der Waals surface area contributed by atoms with Gasteiger partial charge in [0.2, 0.25) is 0 Å². The molecule has 1 saturated heterocycles.